The van der Waals surface area contributed by atoms with Crippen LogP contribution in [0.25, 0.3) is 0 Å². The van der Waals surface area contributed by atoms with Gasteiger partial charge in [-0.15, -0.1) is 13.2 Å². The van der Waals surface area contributed by atoms with E-state index in [1.165, 1.54) is 14.2 Å². The quantitative estimate of drug-likeness (QED) is 0.184. The van der Waals surface area contributed by atoms with Gasteiger partial charge in [0.25, 0.3) is 0 Å². The summed E-state index contributed by atoms with van der Waals surface area (Å²) in [6.45, 7) is 12.8. The summed E-state index contributed by atoms with van der Waals surface area (Å²) in [6, 6.07) is 3.16. The lowest BCUT2D eigenvalue weighted by Gasteiger charge is -2.19. The first kappa shape index (κ1) is 29.5. The minimum atomic E-state index is -0.744. The topological polar surface area (TPSA) is 98.8 Å². The van der Waals surface area contributed by atoms with Crippen LogP contribution in [0.4, 0.5) is 0 Å². The number of hydrogen-bond donors (Lipinski definition) is 0. The third kappa shape index (κ3) is 8.74. The molecule has 1 aliphatic rings. The van der Waals surface area contributed by atoms with Crippen molar-refractivity contribution < 1.29 is 42.7 Å². The maximum Gasteiger partial charge on any atom is 0.342 e. The highest BCUT2D eigenvalue weighted by molar-refractivity contribution is 5.96. The smallest absolute Gasteiger partial charge is 0.342 e. The van der Waals surface area contributed by atoms with Crippen molar-refractivity contribution in [1.82, 2.24) is 0 Å². The highest BCUT2D eigenvalue weighted by Crippen LogP contribution is 2.33. The third-order valence-corrected chi connectivity index (χ3v) is 5.39. The van der Waals surface area contributed by atoms with Crippen molar-refractivity contribution >= 4 is 11.8 Å². The summed E-state index contributed by atoms with van der Waals surface area (Å²) in [7, 11) is 2.96. The SMILES string of the molecule is C=CC[C@H](C)OC(=O)c1c(CC(=O)CC[C@@H]2OC(C)(C)O[C@@H]2C=C)cc(OCOC)cc1OCOC. The fourth-order valence-electron chi connectivity index (χ4n) is 3.88. The summed E-state index contributed by atoms with van der Waals surface area (Å²) < 4.78 is 38.5. The summed E-state index contributed by atoms with van der Waals surface area (Å²) in [6.07, 6.45) is 3.45. The van der Waals surface area contributed by atoms with Gasteiger partial charge in [-0.2, -0.15) is 0 Å². The first-order valence-electron chi connectivity index (χ1n) is 11.9. The zero-order valence-corrected chi connectivity index (χ0v) is 21.9. The lowest BCUT2D eigenvalue weighted by atomic mass is 9.97. The molecule has 0 unspecified atom stereocenters. The van der Waals surface area contributed by atoms with Crippen molar-refractivity contribution in [1.29, 1.82) is 0 Å². The number of methoxy groups -OCH3 is 2. The second-order valence-electron chi connectivity index (χ2n) is 8.93. The predicted octanol–water partition coefficient (Wildman–Crippen LogP) is 4.37. The van der Waals surface area contributed by atoms with Gasteiger partial charge in [-0.05, 0) is 38.8 Å². The first-order valence-corrected chi connectivity index (χ1v) is 11.9. The van der Waals surface area contributed by atoms with Gasteiger partial charge in [-0.3, -0.25) is 4.79 Å². The Bertz CT molecular complexity index is 909. The van der Waals surface area contributed by atoms with Crippen molar-refractivity contribution in [3.63, 3.8) is 0 Å². The molecule has 0 spiro atoms. The van der Waals surface area contributed by atoms with Crippen LogP contribution in [0.15, 0.2) is 37.4 Å². The molecule has 1 heterocycles. The molecular formula is C27H38O9. The highest BCUT2D eigenvalue weighted by atomic mass is 16.7. The Morgan fingerprint density at radius 3 is 2.44 bits per heavy atom. The Kier molecular flexibility index (Phi) is 11.6. The van der Waals surface area contributed by atoms with Gasteiger partial charge in [0, 0.05) is 39.5 Å². The number of hydrogen-bond acceptors (Lipinski definition) is 9. The molecule has 36 heavy (non-hydrogen) atoms. The van der Waals surface area contributed by atoms with E-state index in [1.807, 2.05) is 13.8 Å². The number of ether oxygens (including phenoxy) is 7. The van der Waals surface area contributed by atoms with Crippen molar-refractivity contribution in [2.45, 2.75) is 70.6 Å². The van der Waals surface area contributed by atoms with E-state index >= 15 is 0 Å². The summed E-state index contributed by atoms with van der Waals surface area (Å²) in [5.41, 5.74) is 0.561. The maximum absolute atomic E-state index is 13.2. The van der Waals surface area contributed by atoms with Crippen LogP contribution in [-0.2, 0) is 34.9 Å². The van der Waals surface area contributed by atoms with E-state index in [2.05, 4.69) is 13.2 Å². The van der Waals surface area contributed by atoms with Crippen LogP contribution in [0.5, 0.6) is 11.5 Å². The zero-order valence-electron chi connectivity index (χ0n) is 21.9. The second-order valence-corrected chi connectivity index (χ2v) is 8.93. The van der Waals surface area contributed by atoms with Gasteiger partial charge >= 0.3 is 5.97 Å². The molecule has 2 rings (SSSR count). The van der Waals surface area contributed by atoms with Crippen molar-refractivity contribution in [2.24, 2.45) is 0 Å². The molecule has 3 atom stereocenters. The van der Waals surface area contributed by atoms with Crippen LogP contribution in [0.2, 0.25) is 0 Å². The lowest BCUT2D eigenvalue weighted by Crippen LogP contribution is -2.23. The number of rotatable bonds is 16. The first-order chi connectivity index (χ1) is 17.1. The van der Waals surface area contributed by atoms with Crippen LogP contribution >= 0.6 is 0 Å². The van der Waals surface area contributed by atoms with Gasteiger partial charge in [-0.1, -0.05) is 12.2 Å². The Morgan fingerprint density at radius 1 is 1.11 bits per heavy atom. The summed E-state index contributed by atoms with van der Waals surface area (Å²) in [5.74, 6) is -0.891. The minimum absolute atomic E-state index is 0.0188. The van der Waals surface area contributed by atoms with Gasteiger partial charge in [0.15, 0.2) is 19.4 Å². The number of carbonyl (C=O) groups excluding carboxylic acids is 2. The van der Waals surface area contributed by atoms with E-state index in [0.717, 1.165) is 0 Å². The molecule has 0 radical (unpaired) electrons. The van der Waals surface area contributed by atoms with Crippen LogP contribution < -0.4 is 9.47 Å². The maximum atomic E-state index is 13.2. The molecule has 0 bridgehead atoms. The molecule has 200 valence electrons. The molecule has 9 nitrogen and oxygen atoms in total. The van der Waals surface area contributed by atoms with Gasteiger partial charge in [0.2, 0.25) is 0 Å². The highest BCUT2D eigenvalue weighted by Gasteiger charge is 2.39. The van der Waals surface area contributed by atoms with Gasteiger partial charge in [-0.25, -0.2) is 4.79 Å². The largest absolute Gasteiger partial charge is 0.467 e. The molecular weight excluding hydrogens is 468 g/mol. The second kappa shape index (κ2) is 14.1. The molecule has 1 aliphatic heterocycles. The summed E-state index contributed by atoms with van der Waals surface area (Å²) >= 11 is 0. The Hall–Kier alpha value is -2.72. The van der Waals surface area contributed by atoms with Crippen molar-refractivity contribution in [2.75, 3.05) is 27.8 Å². The van der Waals surface area contributed by atoms with Crippen LogP contribution in [0.3, 0.4) is 0 Å². The Balaban J connectivity index is 2.30. The van der Waals surface area contributed by atoms with Gasteiger partial charge in [0.1, 0.15) is 35.1 Å². The standard InChI is InChI=1S/C27H38O9/c1-8-10-18(3)34-26(29)25-19(14-21(32-16-30-6)15-24(25)33-17-31-7)13-20(28)11-12-23-22(9-2)35-27(4,5)36-23/h8-9,14-15,18,22-23H,1-2,10-13,16-17H2,3-7H3/t18-,22+,23-/m0/s1. The molecule has 0 aliphatic carbocycles. The van der Waals surface area contributed by atoms with E-state index in [1.54, 1.807) is 31.2 Å². The van der Waals surface area contributed by atoms with E-state index in [4.69, 9.17) is 33.2 Å². The molecule has 1 aromatic carbocycles. The molecule has 1 aromatic rings. The van der Waals surface area contributed by atoms with Gasteiger partial charge < -0.3 is 33.2 Å². The fraction of sp³-hybridized carbons (Fsp3) is 0.556. The van der Waals surface area contributed by atoms with Crippen LogP contribution in [0, 0.1) is 0 Å². The van der Waals surface area contributed by atoms with E-state index in [-0.39, 0.29) is 55.7 Å². The summed E-state index contributed by atoms with van der Waals surface area (Å²) in [4.78, 5) is 26.2. The Labute approximate surface area is 213 Å². The average Bonchev–Trinajstić information content (AvgIpc) is 3.13. The minimum Gasteiger partial charge on any atom is -0.467 e. The lowest BCUT2D eigenvalue weighted by molar-refractivity contribution is -0.144. The number of ketones is 1. The van der Waals surface area contributed by atoms with Crippen molar-refractivity contribution in [3.8, 4) is 11.5 Å². The van der Waals surface area contributed by atoms with Crippen LogP contribution in [-0.4, -0.2) is 63.7 Å². The normalized spacial score (nSPS) is 19.4. The molecule has 0 amide bonds. The molecule has 0 aromatic heterocycles. The number of esters is 1. The van der Waals surface area contributed by atoms with Crippen LogP contribution in [0.1, 0.15) is 56.0 Å². The molecule has 9 heteroatoms. The molecule has 0 N–H and O–H groups in total. The fourth-order valence-corrected chi connectivity index (χ4v) is 3.88. The Morgan fingerprint density at radius 2 is 1.81 bits per heavy atom. The van der Waals surface area contributed by atoms with Crippen molar-refractivity contribution in [3.05, 3.63) is 48.6 Å². The molecule has 1 fully saturated rings. The predicted molar refractivity (Wildman–Crippen MR) is 133 cm³/mol. The van der Waals surface area contributed by atoms with Gasteiger partial charge in [0.05, 0.1) is 6.10 Å². The molecule has 1 saturated heterocycles. The number of Topliss-reactive ketones (excluding diaryl/α,β-unsaturated/α-hetero) is 1. The monoisotopic (exact) mass is 506 g/mol. The summed E-state index contributed by atoms with van der Waals surface area (Å²) in [5, 5.41) is 0. The van der Waals surface area contributed by atoms with E-state index < -0.39 is 17.9 Å². The average molecular weight is 507 g/mol. The van der Waals surface area contributed by atoms with E-state index in [9.17, 15) is 9.59 Å². The number of benzene rings is 1. The molecule has 0 saturated carbocycles. The third-order valence-electron chi connectivity index (χ3n) is 5.39. The van der Waals surface area contributed by atoms with E-state index in [0.29, 0.717) is 24.2 Å². The zero-order chi connectivity index (χ0) is 26.7. The number of carbonyl (C=O) groups is 2.